The van der Waals surface area contributed by atoms with Crippen LogP contribution in [0.5, 0.6) is 0 Å². The van der Waals surface area contributed by atoms with Crippen LogP contribution in [0.2, 0.25) is 0 Å². The fraction of sp³-hybridized carbons (Fsp3) is 0.278. The molecule has 4 nitrogen and oxygen atoms in total. The van der Waals surface area contributed by atoms with E-state index in [0.717, 1.165) is 12.8 Å². The summed E-state index contributed by atoms with van der Waals surface area (Å²) in [4.78, 5) is 23.2. The van der Waals surface area contributed by atoms with Crippen molar-refractivity contribution in [3.05, 3.63) is 59.9 Å². The van der Waals surface area contributed by atoms with Crippen LogP contribution in [0.25, 0.3) is 0 Å². The summed E-state index contributed by atoms with van der Waals surface area (Å²) in [5.41, 5.74) is 2.61. The van der Waals surface area contributed by atoms with E-state index >= 15 is 0 Å². The number of Topliss-reactive ketones (excluding diaryl/α,β-unsaturated/α-hetero) is 1. The Morgan fingerprint density at radius 3 is 2.23 bits per heavy atom. The van der Waals surface area contributed by atoms with Crippen LogP contribution in [-0.2, 0) is 17.8 Å². The van der Waals surface area contributed by atoms with Gasteiger partial charge in [-0.05, 0) is 43.2 Å². The molecule has 2 rings (SSSR count). The first-order chi connectivity index (χ1) is 10.6. The summed E-state index contributed by atoms with van der Waals surface area (Å²) in [7, 11) is 0. The molecular formula is C18H21N2O2+. The maximum Gasteiger partial charge on any atom is 0.290 e. The van der Waals surface area contributed by atoms with Gasteiger partial charge in [0, 0.05) is 23.4 Å². The van der Waals surface area contributed by atoms with Crippen LogP contribution in [0.15, 0.2) is 48.8 Å². The van der Waals surface area contributed by atoms with Crippen molar-refractivity contribution in [2.75, 3.05) is 5.32 Å². The summed E-state index contributed by atoms with van der Waals surface area (Å²) < 4.78 is 1.85. The van der Waals surface area contributed by atoms with Gasteiger partial charge < -0.3 is 5.32 Å². The van der Waals surface area contributed by atoms with Crippen molar-refractivity contribution in [1.82, 2.24) is 0 Å². The molecule has 0 aliphatic carbocycles. The standard InChI is InChI=1S/C18H20N2O2/c1-3-4-15-9-11-20(12-10-15)13-18(22)19-17-7-5-16(6-8-17)14(2)21/h5-12H,3-4,13H2,1-2H3/p+1. The van der Waals surface area contributed by atoms with Crippen molar-refractivity contribution in [3.63, 3.8) is 0 Å². The number of hydrogen-bond donors (Lipinski definition) is 1. The van der Waals surface area contributed by atoms with E-state index in [1.54, 1.807) is 24.3 Å². The van der Waals surface area contributed by atoms with Gasteiger partial charge >= 0.3 is 0 Å². The molecule has 2 aromatic rings. The Morgan fingerprint density at radius 2 is 1.68 bits per heavy atom. The van der Waals surface area contributed by atoms with Gasteiger partial charge in [0.15, 0.2) is 18.2 Å². The Hall–Kier alpha value is -2.49. The summed E-state index contributed by atoms with van der Waals surface area (Å²) in [6.45, 7) is 3.93. The van der Waals surface area contributed by atoms with E-state index in [1.807, 2.05) is 29.1 Å². The second-order valence-electron chi connectivity index (χ2n) is 5.31. The van der Waals surface area contributed by atoms with E-state index in [1.165, 1.54) is 12.5 Å². The third kappa shape index (κ3) is 4.52. The minimum Gasteiger partial charge on any atom is -0.321 e. The highest BCUT2D eigenvalue weighted by molar-refractivity contribution is 5.95. The summed E-state index contributed by atoms with van der Waals surface area (Å²) in [5.74, 6) is -0.0792. The molecular weight excluding hydrogens is 276 g/mol. The SMILES string of the molecule is CCCc1cc[n+](CC(=O)Nc2ccc(C(C)=O)cc2)cc1. The zero-order valence-corrected chi connectivity index (χ0v) is 13.0. The van der Waals surface area contributed by atoms with Crippen LogP contribution in [0.3, 0.4) is 0 Å². The molecule has 1 heterocycles. The fourth-order valence-electron chi connectivity index (χ4n) is 2.20. The number of carbonyl (C=O) groups excluding carboxylic acids is 2. The summed E-state index contributed by atoms with van der Waals surface area (Å²) in [6.07, 6.45) is 6.00. The van der Waals surface area contributed by atoms with Gasteiger partial charge in [-0.15, -0.1) is 0 Å². The van der Waals surface area contributed by atoms with E-state index in [9.17, 15) is 9.59 Å². The van der Waals surface area contributed by atoms with E-state index in [0.29, 0.717) is 11.3 Å². The van der Waals surface area contributed by atoms with Gasteiger partial charge in [-0.3, -0.25) is 9.59 Å². The lowest BCUT2D eigenvalue weighted by Crippen LogP contribution is -2.39. The molecule has 22 heavy (non-hydrogen) atoms. The molecule has 0 atom stereocenters. The molecule has 114 valence electrons. The quantitative estimate of drug-likeness (QED) is 0.658. The molecule has 4 heteroatoms. The second kappa shape index (κ2) is 7.50. The molecule has 1 aromatic heterocycles. The average molecular weight is 297 g/mol. The average Bonchev–Trinajstić information content (AvgIpc) is 2.50. The highest BCUT2D eigenvalue weighted by atomic mass is 16.2. The highest BCUT2D eigenvalue weighted by Gasteiger charge is 2.10. The van der Waals surface area contributed by atoms with E-state index in [2.05, 4.69) is 12.2 Å². The predicted octanol–water partition coefficient (Wildman–Crippen LogP) is 2.77. The lowest BCUT2D eigenvalue weighted by atomic mass is 10.1. The topological polar surface area (TPSA) is 50.0 Å². The third-order valence-corrected chi connectivity index (χ3v) is 3.40. The number of carbonyl (C=O) groups is 2. The van der Waals surface area contributed by atoms with Gasteiger partial charge in [0.2, 0.25) is 6.54 Å². The molecule has 0 radical (unpaired) electrons. The number of ketones is 1. The van der Waals surface area contributed by atoms with Gasteiger partial charge in [0.1, 0.15) is 0 Å². The van der Waals surface area contributed by atoms with Crippen molar-refractivity contribution >= 4 is 17.4 Å². The molecule has 1 aromatic carbocycles. The monoisotopic (exact) mass is 297 g/mol. The smallest absolute Gasteiger partial charge is 0.290 e. The Labute approximate surface area is 130 Å². The number of aromatic nitrogens is 1. The first kappa shape index (κ1) is 15.9. The van der Waals surface area contributed by atoms with Crippen molar-refractivity contribution < 1.29 is 14.2 Å². The Balaban J connectivity index is 1.93. The molecule has 0 bridgehead atoms. The third-order valence-electron chi connectivity index (χ3n) is 3.40. The molecule has 0 saturated carbocycles. The predicted molar refractivity (Wildman–Crippen MR) is 85.7 cm³/mol. The van der Waals surface area contributed by atoms with Gasteiger partial charge in [0.05, 0.1) is 0 Å². The first-order valence-electron chi connectivity index (χ1n) is 7.47. The van der Waals surface area contributed by atoms with Crippen LogP contribution in [-0.4, -0.2) is 11.7 Å². The van der Waals surface area contributed by atoms with Crippen molar-refractivity contribution in [2.45, 2.75) is 33.2 Å². The molecule has 1 N–H and O–H groups in total. The van der Waals surface area contributed by atoms with Crippen LogP contribution in [0.4, 0.5) is 5.69 Å². The van der Waals surface area contributed by atoms with Crippen LogP contribution < -0.4 is 9.88 Å². The van der Waals surface area contributed by atoms with Gasteiger partial charge in [0.25, 0.3) is 5.91 Å². The van der Waals surface area contributed by atoms with E-state index in [4.69, 9.17) is 0 Å². The number of amides is 1. The molecule has 0 unspecified atom stereocenters. The van der Waals surface area contributed by atoms with Crippen LogP contribution in [0.1, 0.15) is 36.2 Å². The number of pyridine rings is 1. The lowest BCUT2D eigenvalue weighted by molar-refractivity contribution is -0.684. The first-order valence-corrected chi connectivity index (χ1v) is 7.47. The van der Waals surface area contributed by atoms with Gasteiger partial charge in [-0.25, -0.2) is 0 Å². The largest absolute Gasteiger partial charge is 0.321 e. The number of nitrogens with one attached hydrogen (secondary N) is 1. The molecule has 0 spiro atoms. The van der Waals surface area contributed by atoms with E-state index < -0.39 is 0 Å². The zero-order valence-electron chi connectivity index (χ0n) is 13.0. The van der Waals surface area contributed by atoms with Gasteiger partial charge in [-0.2, -0.15) is 4.57 Å². The lowest BCUT2D eigenvalue weighted by Gasteiger charge is -2.04. The number of anilines is 1. The maximum absolute atomic E-state index is 12.0. The minimum absolute atomic E-state index is 0.0144. The molecule has 0 aliphatic heterocycles. The maximum atomic E-state index is 12.0. The van der Waals surface area contributed by atoms with Crippen LogP contribution >= 0.6 is 0 Å². The Kier molecular flexibility index (Phi) is 5.42. The number of aryl methyl sites for hydroxylation is 1. The Morgan fingerprint density at radius 1 is 1.05 bits per heavy atom. The number of nitrogens with zero attached hydrogens (tertiary/aromatic N) is 1. The summed E-state index contributed by atoms with van der Waals surface area (Å²) >= 11 is 0. The van der Waals surface area contributed by atoms with Crippen molar-refractivity contribution in [1.29, 1.82) is 0 Å². The summed E-state index contributed by atoms with van der Waals surface area (Å²) in [6, 6.07) is 11.0. The number of rotatable bonds is 6. The molecule has 1 amide bonds. The minimum atomic E-state index is -0.0937. The second-order valence-corrected chi connectivity index (χ2v) is 5.31. The Bertz CT molecular complexity index is 646. The molecule has 0 aliphatic rings. The van der Waals surface area contributed by atoms with Crippen LogP contribution in [0, 0.1) is 0 Å². The molecule has 0 saturated heterocycles. The zero-order chi connectivity index (χ0) is 15.9. The fourth-order valence-corrected chi connectivity index (χ4v) is 2.20. The summed E-state index contributed by atoms with van der Waals surface area (Å²) in [5, 5.41) is 2.83. The highest BCUT2D eigenvalue weighted by Crippen LogP contribution is 2.09. The van der Waals surface area contributed by atoms with E-state index in [-0.39, 0.29) is 18.2 Å². The normalized spacial score (nSPS) is 10.3. The van der Waals surface area contributed by atoms with Crippen molar-refractivity contribution in [2.24, 2.45) is 0 Å². The van der Waals surface area contributed by atoms with Crippen molar-refractivity contribution in [3.8, 4) is 0 Å². The van der Waals surface area contributed by atoms with Gasteiger partial charge in [-0.1, -0.05) is 13.3 Å². The molecule has 0 fully saturated rings. The number of benzene rings is 1. The number of hydrogen-bond acceptors (Lipinski definition) is 2.